The number of fused-ring (bicyclic) bond motifs is 1. The quantitative estimate of drug-likeness (QED) is 0.689. The van der Waals surface area contributed by atoms with Crippen molar-refractivity contribution in [2.45, 2.75) is 20.4 Å². The average Bonchev–Trinajstić information content (AvgIpc) is 2.47. The van der Waals surface area contributed by atoms with E-state index in [9.17, 15) is 4.79 Å². The lowest BCUT2D eigenvalue weighted by Gasteiger charge is -1.96. The van der Waals surface area contributed by atoms with Crippen LogP contribution in [0.4, 0.5) is 0 Å². The maximum atomic E-state index is 11.6. The zero-order valence-electron chi connectivity index (χ0n) is 7.53. The molecule has 5 nitrogen and oxygen atoms in total. The lowest BCUT2D eigenvalue weighted by Crippen LogP contribution is -2.21. The number of imidazole rings is 1. The van der Waals surface area contributed by atoms with Crippen LogP contribution in [0.15, 0.2) is 11.0 Å². The minimum Gasteiger partial charge on any atom is -0.341 e. The van der Waals surface area contributed by atoms with Gasteiger partial charge >= 0.3 is 0 Å². The summed E-state index contributed by atoms with van der Waals surface area (Å²) in [5.74, 6) is 0.739. The Balaban J connectivity index is 2.86. The van der Waals surface area contributed by atoms with Crippen LogP contribution >= 0.6 is 0 Å². The minimum absolute atomic E-state index is 0.135. The van der Waals surface area contributed by atoms with Crippen molar-refractivity contribution in [2.24, 2.45) is 0 Å². The van der Waals surface area contributed by atoms with E-state index in [1.54, 1.807) is 6.20 Å². The number of nitrogens with zero attached hydrogens (tertiary/aromatic N) is 3. The number of aromatic nitrogens is 4. The van der Waals surface area contributed by atoms with Crippen molar-refractivity contribution in [1.82, 2.24) is 19.7 Å². The summed E-state index contributed by atoms with van der Waals surface area (Å²) >= 11 is 0. The van der Waals surface area contributed by atoms with Crippen molar-refractivity contribution in [3.63, 3.8) is 0 Å². The fourth-order valence-corrected chi connectivity index (χ4v) is 1.29. The zero-order valence-corrected chi connectivity index (χ0v) is 7.53. The second-order valence-corrected chi connectivity index (χ2v) is 2.85. The molecular formula is C8H10N4O. The van der Waals surface area contributed by atoms with Crippen LogP contribution in [0.25, 0.3) is 11.0 Å². The fourth-order valence-electron chi connectivity index (χ4n) is 1.29. The molecule has 0 atom stereocenters. The molecule has 0 saturated carbocycles. The number of hydrogen-bond donors (Lipinski definition) is 1. The highest BCUT2D eigenvalue weighted by Crippen LogP contribution is 2.03. The average molecular weight is 178 g/mol. The van der Waals surface area contributed by atoms with Gasteiger partial charge in [-0.05, 0) is 13.8 Å². The first kappa shape index (κ1) is 7.97. The Labute approximate surface area is 74.4 Å². The molecule has 2 rings (SSSR count). The third kappa shape index (κ3) is 1.12. The molecule has 0 fully saturated rings. The Morgan fingerprint density at radius 2 is 2.38 bits per heavy atom. The smallest absolute Gasteiger partial charge is 0.294 e. The van der Waals surface area contributed by atoms with Crippen LogP contribution in [0, 0.1) is 6.92 Å². The Kier molecular flexibility index (Phi) is 1.65. The summed E-state index contributed by atoms with van der Waals surface area (Å²) in [5.41, 5.74) is 1.03. The van der Waals surface area contributed by atoms with Crippen molar-refractivity contribution in [1.29, 1.82) is 0 Å². The van der Waals surface area contributed by atoms with Gasteiger partial charge in [0, 0.05) is 6.54 Å². The maximum Gasteiger partial charge on any atom is 0.294 e. The highest BCUT2D eigenvalue weighted by atomic mass is 16.1. The van der Waals surface area contributed by atoms with Gasteiger partial charge in [0.15, 0.2) is 5.52 Å². The summed E-state index contributed by atoms with van der Waals surface area (Å²) in [7, 11) is 0. The Bertz CT molecular complexity index is 496. The van der Waals surface area contributed by atoms with Gasteiger partial charge in [-0.25, -0.2) is 9.67 Å². The minimum atomic E-state index is -0.135. The highest BCUT2D eigenvalue weighted by molar-refractivity contribution is 5.72. The van der Waals surface area contributed by atoms with Gasteiger partial charge in [0.1, 0.15) is 5.82 Å². The molecule has 0 unspecified atom stereocenters. The summed E-state index contributed by atoms with van der Waals surface area (Å²) in [5, 5.41) is 3.97. The normalized spacial score (nSPS) is 10.9. The van der Waals surface area contributed by atoms with Crippen molar-refractivity contribution in [3.8, 4) is 0 Å². The first-order valence-electron chi connectivity index (χ1n) is 4.15. The third-order valence-electron chi connectivity index (χ3n) is 1.91. The van der Waals surface area contributed by atoms with E-state index in [-0.39, 0.29) is 5.56 Å². The lowest BCUT2D eigenvalue weighted by molar-refractivity contribution is 0.622. The second-order valence-electron chi connectivity index (χ2n) is 2.85. The van der Waals surface area contributed by atoms with Crippen LogP contribution in [-0.2, 0) is 6.54 Å². The third-order valence-corrected chi connectivity index (χ3v) is 1.91. The summed E-state index contributed by atoms with van der Waals surface area (Å²) in [6, 6.07) is 0. The maximum absolute atomic E-state index is 11.6. The van der Waals surface area contributed by atoms with Crippen LogP contribution < -0.4 is 5.56 Å². The Morgan fingerprint density at radius 3 is 3.08 bits per heavy atom. The van der Waals surface area contributed by atoms with Gasteiger partial charge < -0.3 is 4.98 Å². The first-order valence-corrected chi connectivity index (χ1v) is 4.15. The molecule has 2 aromatic heterocycles. The topological polar surface area (TPSA) is 63.6 Å². The fraction of sp³-hybridized carbons (Fsp3) is 0.375. The summed E-state index contributed by atoms with van der Waals surface area (Å²) < 4.78 is 1.39. The van der Waals surface area contributed by atoms with Gasteiger partial charge in [0.05, 0.1) is 11.7 Å². The SMILES string of the molecule is CCn1ncc2[nH]c(C)nc2c1=O. The van der Waals surface area contributed by atoms with Crippen molar-refractivity contribution in [3.05, 3.63) is 22.4 Å². The van der Waals surface area contributed by atoms with Gasteiger partial charge in [-0.3, -0.25) is 4.79 Å². The predicted molar refractivity (Wildman–Crippen MR) is 48.6 cm³/mol. The predicted octanol–water partition coefficient (Wildman–Crippen LogP) is 0.448. The molecule has 0 bridgehead atoms. The van der Waals surface area contributed by atoms with Crippen LogP contribution in [-0.4, -0.2) is 19.7 Å². The standard InChI is InChI=1S/C8H10N4O/c1-3-12-8(13)7-6(4-9-12)10-5(2)11-7/h4H,3H2,1-2H3,(H,10,11). The molecule has 0 aliphatic heterocycles. The van der Waals surface area contributed by atoms with Crippen molar-refractivity contribution < 1.29 is 0 Å². The Hall–Kier alpha value is -1.65. The largest absolute Gasteiger partial charge is 0.341 e. The summed E-state index contributed by atoms with van der Waals surface area (Å²) in [4.78, 5) is 18.6. The molecule has 1 N–H and O–H groups in total. The lowest BCUT2D eigenvalue weighted by atomic mass is 10.5. The van der Waals surface area contributed by atoms with Crippen LogP contribution in [0.2, 0.25) is 0 Å². The van der Waals surface area contributed by atoms with Gasteiger partial charge in [0.25, 0.3) is 5.56 Å². The number of hydrogen-bond acceptors (Lipinski definition) is 3. The number of aromatic amines is 1. The van der Waals surface area contributed by atoms with Crippen molar-refractivity contribution >= 4 is 11.0 Å². The molecule has 13 heavy (non-hydrogen) atoms. The van der Waals surface area contributed by atoms with Crippen LogP contribution in [0.1, 0.15) is 12.7 Å². The molecule has 0 radical (unpaired) electrons. The van der Waals surface area contributed by atoms with Crippen molar-refractivity contribution in [2.75, 3.05) is 0 Å². The molecular weight excluding hydrogens is 168 g/mol. The monoisotopic (exact) mass is 178 g/mol. The number of aryl methyl sites for hydroxylation is 2. The van der Waals surface area contributed by atoms with E-state index < -0.39 is 0 Å². The summed E-state index contributed by atoms with van der Waals surface area (Å²) in [6.07, 6.45) is 1.63. The van der Waals surface area contributed by atoms with E-state index in [4.69, 9.17) is 0 Å². The number of nitrogens with one attached hydrogen (secondary N) is 1. The van der Waals surface area contributed by atoms with E-state index in [1.165, 1.54) is 4.68 Å². The van der Waals surface area contributed by atoms with E-state index >= 15 is 0 Å². The molecule has 0 aliphatic carbocycles. The summed E-state index contributed by atoms with van der Waals surface area (Å²) in [6.45, 7) is 4.26. The molecule has 0 spiro atoms. The molecule has 0 saturated heterocycles. The first-order chi connectivity index (χ1) is 6.22. The second kappa shape index (κ2) is 2.69. The molecule has 0 amide bonds. The highest BCUT2D eigenvalue weighted by Gasteiger charge is 2.05. The molecule has 0 aromatic carbocycles. The number of H-pyrrole nitrogens is 1. The van der Waals surface area contributed by atoms with Gasteiger partial charge in [-0.2, -0.15) is 5.10 Å². The van der Waals surface area contributed by atoms with E-state index in [0.717, 1.165) is 5.82 Å². The molecule has 2 heterocycles. The Morgan fingerprint density at radius 1 is 1.62 bits per heavy atom. The van der Waals surface area contributed by atoms with Crippen LogP contribution in [0.5, 0.6) is 0 Å². The van der Waals surface area contributed by atoms with Crippen LogP contribution in [0.3, 0.4) is 0 Å². The molecule has 5 heteroatoms. The molecule has 2 aromatic rings. The van der Waals surface area contributed by atoms with Gasteiger partial charge in [-0.1, -0.05) is 0 Å². The van der Waals surface area contributed by atoms with E-state index in [1.807, 2.05) is 13.8 Å². The molecule has 0 aliphatic rings. The van der Waals surface area contributed by atoms with Gasteiger partial charge in [0.2, 0.25) is 0 Å². The zero-order chi connectivity index (χ0) is 9.42. The number of rotatable bonds is 1. The van der Waals surface area contributed by atoms with E-state index in [0.29, 0.717) is 17.6 Å². The van der Waals surface area contributed by atoms with Gasteiger partial charge in [-0.15, -0.1) is 0 Å². The van der Waals surface area contributed by atoms with E-state index in [2.05, 4.69) is 15.1 Å². The molecule has 68 valence electrons.